The largest absolute Gasteiger partial charge is 0.454 e. The molecule has 0 unspecified atom stereocenters. The van der Waals surface area contributed by atoms with Crippen molar-refractivity contribution in [3.8, 4) is 6.01 Å². The van der Waals surface area contributed by atoms with E-state index in [-0.39, 0.29) is 6.01 Å². The zero-order valence-electron chi connectivity index (χ0n) is 16.4. The lowest BCUT2D eigenvalue weighted by Gasteiger charge is -2.28. The molecular formula is C16H27N5O6. The Morgan fingerprint density at radius 2 is 1.67 bits per heavy atom. The Labute approximate surface area is 157 Å². The standard InChI is InChI=1S/C16H27N5O6/c1-16(2)26-11-10(9(8(23)7-22)24-12(11)27-16)25-15-18-13(20(3)4)17-14(19-15)21(5)6/h8-12,22-23H,7H2,1-6H3/t8-,9+,10+,11+,12-/m1/s1. The Kier molecular flexibility index (Phi) is 5.41. The van der Waals surface area contributed by atoms with Crippen molar-refractivity contribution >= 4 is 11.9 Å². The van der Waals surface area contributed by atoms with Gasteiger partial charge in [0.25, 0.3) is 0 Å². The van der Waals surface area contributed by atoms with Gasteiger partial charge in [0.1, 0.15) is 12.2 Å². The Morgan fingerprint density at radius 1 is 1.07 bits per heavy atom. The van der Waals surface area contributed by atoms with Crippen molar-refractivity contribution in [1.29, 1.82) is 0 Å². The molecule has 1 aromatic rings. The van der Waals surface area contributed by atoms with Gasteiger partial charge in [-0.3, -0.25) is 0 Å². The van der Waals surface area contributed by atoms with E-state index < -0.39 is 43.1 Å². The smallest absolute Gasteiger partial charge is 0.323 e. The molecule has 11 heteroatoms. The summed E-state index contributed by atoms with van der Waals surface area (Å²) in [6, 6.07) is 0.0649. The highest BCUT2D eigenvalue weighted by Crippen LogP contribution is 2.39. The third-order valence-electron chi connectivity index (χ3n) is 4.23. The summed E-state index contributed by atoms with van der Waals surface area (Å²) in [7, 11) is 7.23. The maximum absolute atomic E-state index is 10.1. The fourth-order valence-corrected chi connectivity index (χ4v) is 2.96. The van der Waals surface area contributed by atoms with Gasteiger partial charge in [0.05, 0.1) is 6.61 Å². The second kappa shape index (κ2) is 7.32. The van der Waals surface area contributed by atoms with Crippen LogP contribution in [0.25, 0.3) is 0 Å². The van der Waals surface area contributed by atoms with E-state index in [1.807, 2.05) is 28.2 Å². The maximum Gasteiger partial charge on any atom is 0.323 e. The average molecular weight is 385 g/mol. The summed E-state index contributed by atoms with van der Waals surface area (Å²) in [5, 5.41) is 19.5. The summed E-state index contributed by atoms with van der Waals surface area (Å²) in [5.74, 6) is -0.0147. The van der Waals surface area contributed by atoms with Gasteiger partial charge in [-0.05, 0) is 13.8 Å². The Bertz CT molecular complexity index is 646. The lowest BCUT2D eigenvalue weighted by Crippen LogP contribution is -2.46. The normalized spacial score (nSPS) is 30.1. The van der Waals surface area contributed by atoms with Gasteiger partial charge in [0, 0.05) is 28.2 Å². The summed E-state index contributed by atoms with van der Waals surface area (Å²) in [6.45, 7) is 3.04. The molecule has 0 radical (unpaired) electrons. The van der Waals surface area contributed by atoms with Gasteiger partial charge < -0.3 is 39.0 Å². The third-order valence-corrected chi connectivity index (χ3v) is 4.23. The fraction of sp³-hybridized carbons (Fsp3) is 0.812. The molecule has 2 aliphatic rings. The number of fused-ring (bicyclic) bond motifs is 1. The highest BCUT2D eigenvalue weighted by atomic mass is 16.8. The lowest BCUT2D eigenvalue weighted by molar-refractivity contribution is -0.225. The highest BCUT2D eigenvalue weighted by molar-refractivity contribution is 5.38. The zero-order chi connectivity index (χ0) is 19.9. The number of aromatic nitrogens is 3. The van der Waals surface area contributed by atoms with Crippen LogP contribution >= 0.6 is 0 Å². The van der Waals surface area contributed by atoms with Gasteiger partial charge in [-0.2, -0.15) is 15.0 Å². The van der Waals surface area contributed by atoms with Gasteiger partial charge in [-0.25, -0.2) is 0 Å². The van der Waals surface area contributed by atoms with Crippen molar-refractivity contribution in [2.45, 2.75) is 50.3 Å². The van der Waals surface area contributed by atoms with Gasteiger partial charge in [0.15, 0.2) is 24.3 Å². The molecule has 0 bridgehead atoms. The van der Waals surface area contributed by atoms with Crippen LogP contribution in [0.4, 0.5) is 11.9 Å². The Balaban J connectivity index is 1.91. The van der Waals surface area contributed by atoms with Gasteiger partial charge in [-0.1, -0.05) is 0 Å². The van der Waals surface area contributed by atoms with Crippen LogP contribution in [0.2, 0.25) is 0 Å². The summed E-state index contributed by atoms with van der Waals surface area (Å²) in [5.41, 5.74) is 0. The number of anilines is 2. The number of hydrogen-bond donors (Lipinski definition) is 2. The average Bonchev–Trinajstić information content (AvgIpc) is 3.06. The monoisotopic (exact) mass is 385 g/mol. The highest BCUT2D eigenvalue weighted by Gasteiger charge is 2.58. The lowest BCUT2D eigenvalue weighted by atomic mass is 10.1. The van der Waals surface area contributed by atoms with Crippen LogP contribution in [0.1, 0.15) is 13.8 Å². The number of hydrogen-bond acceptors (Lipinski definition) is 11. The Hall–Kier alpha value is -1.79. The molecule has 2 aliphatic heterocycles. The first-order valence-electron chi connectivity index (χ1n) is 8.68. The van der Waals surface area contributed by atoms with Crippen LogP contribution in [0.5, 0.6) is 6.01 Å². The van der Waals surface area contributed by atoms with Gasteiger partial charge >= 0.3 is 6.01 Å². The minimum atomic E-state index is -1.17. The van der Waals surface area contributed by atoms with E-state index in [0.717, 1.165) is 0 Å². The molecule has 152 valence electrons. The minimum Gasteiger partial charge on any atom is -0.454 e. The van der Waals surface area contributed by atoms with Crippen LogP contribution in [-0.2, 0) is 14.2 Å². The second-order valence-electron chi connectivity index (χ2n) is 7.41. The SMILES string of the molecule is CN(C)c1nc(O[C@@H]2[C@@H]3OC(C)(C)O[C@H]3O[C@H]2[C@H](O)CO)nc(N(C)C)n1. The number of aliphatic hydroxyl groups is 2. The topological polar surface area (TPSA) is 123 Å². The van der Waals surface area contributed by atoms with Crippen molar-refractivity contribution < 1.29 is 29.2 Å². The molecule has 5 atom stereocenters. The van der Waals surface area contributed by atoms with Crippen LogP contribution in [-0.4, -0.2) is 96.5 Å². The van der Waals surface area contributed by atoms with E-state index in [4.69, 9.17) is 18.9 Å². The molecule has 3 heterocycles. The van der Waals surface area contributed by atoms with E-state index in [1.54, 1.807) is 23.6 Å². The molecule has 0 spiro atoms. The molecule has 2 saturated heterocycles. The van der Waals surface area contributed by atoms with Gasteiger partial charge in [0.2, 0.25) is 11.9 Å². The fourth-order valence-electron chi connectivity index (χ4n) is 2.96. The maximum atomic E-state index is 10.1. The predicted molar refractivity (Wildman–Crippen MR) is 94.7 cm³/mol. The molecule has 27 heavy (non-hydrogen) atoms. The molecule has 2 fully saturated rings. The quantitative estimate of drug-likeness (QED) is 0.625. The second-order valence-corrected chi connectivity index (χ2v) is 7.41. The number of aliphatic hydroxyl groups excluding tert-OH is 2. The number of rotatable bonds is 6. The van der Waals surface area contributed by atoms with E-state index in [9.17, 15) is 10.2 Å². The molecule has 0 aliphatic carbocycles. The zero-order valence-corrected chi connectivity index (χ0v) is 16.4. The molecule has 0 aromatic carbocycles. The van der Waals surface area contributed by atoms with Crippen LogP contribution < -0.4 is 14.5 Å². The van der Waals surface area contributed by atoms with Crippen molar-refractivity contribution in [3.05, 3.63) is 0 Å². The van der Waals surface area contributed by atoms with Crippen LogP contribution in [0.15, 0.2) is 0 Å². The molecule has 2 N–H and O–H groups in total. The molecule has 3 rings (SSSR count). The van der Waals surface area contributed by atoms with Crippen molar-refractivity contribution in [2.75, 3.05) is 44.6 Å². The van der Waals surface area contributed by atoms with Crippen LogP contribution in [0.3, 0.4) is 0 Å². The van der Waals surface area contributed by atoms with Crippen molar-refractivity contribution in [2.24, 2.45) is 0 Å². The first-order chi connectivity index (χ1) is 12.6. The van der Waals surface area contributed by atoms with E-state index in [0.29, 0.717) is 11.9 Å². The summed E-state index contributed by atoms with van der Waals surface area (Å²) >= 11 is 0. The van der Waals surface area contributed by atoms with Crippen molar-refractivity contribution in [1.82, 2.24) is 15.0 Å². The summed E-state index contributed by atoms with van der Waals surface area (Å²) in [6.07, 6.45) is -4.12. The van der Waals surface area contributed by atoms with Crippen molar-refractivity contribution in [3.63, 3.8) is 0 Å². The number of nitrogens with zero attached hydrogens (tertiary/aromatic N) is 5. The minimum absolute atomic E-state index is 0.0649. The molecule has 0 saturated carbocycles. The first kappa shape index (κ1) is 20.0. The van der Waals surface area contributed by atoms with Gasteiger partial charge in [-0.15, -0.1) is 0 Å². The molecule has 0 amide bonds. The van der Waals surface area contributed by atoms with E-state index >= 15 is 0 Å². The van der Waals surface area contributed by atoms with E-state index in [2.05, 4.69) is 15.0 Å². The summed E-state index contributed by atoms with van der Waals surface area (Å²) < 4.78 is 23.3. The van der Waals surface area contributed by atoms with E-state index in [1.165, 1.54) is 0 Å². The predicted octanol–water partition coefficient (Wildman–Crippen LogP) is -1.02. The number of ether oxygens (including phenoxy) is 4. The Morgan fingerprint density at radius 3 is 2.19 bits per heavy atom. The third kappa shape index (κ3) is 4.06. The molecule has 1 aromatic heterocycles. The first-order valence-corrected chi connectivity index (χ1v) is 8.68. The van der Waals surface area contributed by atoms with Crippen LogP contribution in [0, 0.1) is 0 Å². The molecule has 11 nitrogen and oxygen atoms in total. The molecular weight excluding hydrogens is 358 g/mol. The summed E-state index contributed by atoms with van der Waals surface area (Å²) in [4.78, 5) is 16.4.